The summed E-state index contributed by atoms with van der Waals surface area (Å²) in [6.07, 6.45) is -5.54. The second-order valence-corrected chi connectivity index (χ2v) is 6.16. The molecular weight excluding hydrogens is 517 g/mol. The van der Waals surface area contributed by atoms with E-state index in [4.69, 9.17) is 4.74 Å². The number of guanidine groups is 1. The van der Waals surface area contributed by atoms with Crippen LogP contribution in [0.3, 0.4) is 0 Å². The Bertz CT molecular complexity index is 830. The van der Waals surface area contributed by atoms with Gasteiger partial charge >= 0.3 is 6.18 Å². The SMILES string of the molecule is CCNC(=NCc1ccc(F)cc1C(F)(F)F)NCC(O)c1ccc(OC)cc1.I. The lowest BCUT2D eigenvalue weighted by Gasteiger charge is -2.16. The lowest BCUT2D eigenvalue weighted by Crippen LogP contribution is -2.39. The molecule has 0 fully saturated rings. The molecule has 3 N–H and O–H groups in total. The van der Waals surface area contributed by atoms with E-state index >= 15 is 0 Å². The number of nitrogens with zero attached hydrogens (tertiary/aromatic N) is 1. The van der Waals surface area contributed by atoms with Crippen molar-refractivity contribution < 1.29 is 27.4 Å². The summed E-state index contributed by atoms with van der Waals surface area (Å²) in [4.78, 5) is 4.12. The zero-order chi connectivity index (χ0) is 21.4. The molecule has 2 rings (SSSR count). The van der Waals surface area contributed by atoms with Crippen LogP contribution < -0.4 is 15.4 Å². The molecule has 1 unspecified atom stereocenters. The van der Waals surface area contributed by atoms with Crippen molar-refractivity contribution in [3.8, 4) is 5.75 Å². The second kappa shape index (κ2) is 11.9. The van der Waals surface area contributed by atoms with Crippen molar-refractivity contribution in [2.24, 2.45) is 4.99 Å². The summed E-state index contributed by atoms with van der Waals surface area (Å²) in [6.45, 7) is 2.06. The van der Waals surface area contributed by atoms with Gasteiger partial charge in [-0.2, -0.15) is 13.2 Å². The Hall–Kier alpha value is -2.08. The first-order chi connectivity index (χ1) is 13.7. The highest BCUT2D eigenvalue weighted by atomic mass is 127. The van der Waals surface area contributed by atoms with Gasteiger partial charge in [-0.15, -0.1) is 24.0 Å². The summed E-state index contributed by atoms with van der Waals surface area (Å²) in [7, 11) is 1.54. The van der Waals surface area contributed by atoms with Gasteiger partial charge in [0.15, 0.2) is 5.96 Å². The van der Waals surface area contributed by atoms with Gasteiger partial charge in [0.25, 0.3) is 0 Å². The fraction of sp³-hybridized carbons (Fsp3) is 0.350. The molecule has 0 radical (unpaired) electrons. The van der Waals surface area contributed by atoms with Crippen LogP contribution in [-0.2, 0) is 12.7 Å². The molecule has 0 saturated heterocycles. The first-order valence-corrected chi connectivity index (χ1v) is 8.94. The molecule has 0 aliphatic rings. The number of halogens is 5. The molecule has 2 aromatic rings. The van der Waals surface area contributed by atoms with Gasteiger partial charge in [0, 0.05) is 13.1 Å². The fourth-order valence-corrected chi connectivity index (χ4v) is 2.59. The maximum Gasteiger partial charge on any atom is 0.416 e. The molecule has 5 nitrogen and oxygen atoms in total. The molecule has 0 spiro atoms. The van der Waals surface area contributed by atoms with Gasteiger partial charge in [-0.3, -0.25) is 0 Å². The molecule has 0 aromatic heterocycles. The van der Waals surface area contributed by atoms with Crippen molar-refractivity contribution >= 4 is 29.9 Å². The monoisotopic (exact) mass is 541 g/mol. The Labute approximate surface area is 189 Å². The molecule has 166 valence electrons. The van der Waals surface area contributed by atoms with E-state index in [0.29, 0.717) is 23.9 Å². The molecule has 0 amide bonds. The Balaban J connectivity index is 0.00000450. The molecule has 1 atom stereocenters. The van der Waals surface area contributed by atoms with Crippen LogP contribution >= 0.6 is 24.0 Å². The topological polar surface area (TPSA) is 65.9 Å². The number of methoxy groups -OCH3 is 1. The predicted molar refractivity (Wildman–Crippen MR) is 118 cm³/mol. The van der Waals surface area contributed by atoms with E-state index in [0.717, 1.165) is 12.1 Å². The van der Waals surface area contributed by atoms with E-state index in [-0.39, 0.29) is 48.6 Å². The Morgan fingerprint density at radius 2 is 1.80 bits per heavy atom. The van der Waals surface area contributed by atoms with Crippen LogP contribution in [0.15, 0.2) is 47.5 Å². The number of aliphatic hydroxyl groups excluding tert-OH is 1. The molecule has 0 aliphatic carbocycles. The highest BCUT2D eigenvalue weighted by Gasteiger charge is 2.33. The van der Waals surface area contributed by atoms with Crippen LogP contribution in [0.5, 0.6) is 5.75 Å². The first kappa shape index (κ1) is 26.0. The Kier molecular flexibility index (Phi) is 10.3. The number of hydrogen-bond acceptors (Lipinski definition) is 3. The number of nitrogens with one attached hydrogen (secondary N) is 2. The van der Waals surface area contributed by atoms with Crippen molar-refractivity contribution in [1.82, 2.24) is 10.6 Å². The Morgan fingerprint density at radius 3 is 2.37 bits per heavy atom. The lowest BCUT2D eigenvalue weighted by atomic mass is 10.1. The number of benzene rings is 2. The van der Waals surface area contributed by atoms with Crippen LogP contribution in [0.2, 0.25) is 0 Å². The van der Waals surface area contributed by atoms with E-state index < -0.39 is 23.7 Å². The van der Waals surface area contributed by atoms with Gasteiger partial charge in [0.05, 0.1) is 25.3 Å². The normalized spacial score (nSPS) is 12.7. The molecule has 0 saturated carbocycles. The van der Waals surface area contributed by atoms with Gasteiger partial charge in [-0.25, -0.2) is 9.38 Å². The number of aliphatic hydroxyl groups is 1. The summed E-state index contributed by atoms with van der Waals surface area (Å²) >= 11 is 0. The van der Waals surface area contributed by atoms with Crippen molar-refractivity contribution in [3.63, 3.8) is 0 Å². The number of rotatable bonds is 7. The molecule has 10 heteroatoms. The van der Waals surface area contributed by atoms with Gasteiger partial charge in [-0.05, 0) is 42.3 Å². The van der Waals surface area contributed by atoms with Crippen LogP contribution in [0.4, 0.5) is 17.6 Å². The number of hydrogen-bond donors (Lipinski definition) is 3. The quantitative estimate of drug-likeness (QED) is 0.212. The maximum absolute atomic E-state index is 13.2. The minimum absolute atomic E-state index is 0. The summed E-state index contributed by atoms with van der Waals surface area (Å²) in [5, 5.41) is 16.1. The lowest BCUT2D eigenvalue weighted by molar-refractivity contribution is -0.138. The van der Waals surface area contributed by atoms with Crippen LogP contribution in [-0.4, -0.2) is 31.3 Å². The summed E-state index contributed by atoms with van der Waals surface area (Å²) in [6, 6.07) is 9.34. The van der Waals surface area contributed by atoms with Crippen LogP contribution in [0, 0.1) is 5.82 Å². The van der Waals surface area contributed by atoms with Crippen LogP contribution in [0.25, 0.3) is 0 Å². The van der Waals surface area contributed by atoms with E-state index in [2.05, 4.69) is 15.6 Å². The van der Waals surface area contributed by atoms with E-state index in [9.17, 15) is 22.7 Å². The third kappa shape index (κ3) is 7.63. The standard InChI is InChI=1S/C20H23F4N3O2.HI/c1-3-25-19(27-12-18(28)13-5-8-16(29-2)9-6-13)26-11-14-4-7-15(21)10-17(14)20(22,23)24;/h4-10,18,28H,3,11-12H2,1-2H3,(H2,25,26,27);1H. The molecule has 2 aromatic carbocycles. The highest BCUT2D eigenvalue weighted by molar-refractivity contribution is 14.0. The largest absolute Gasteiger partial charge is 0.497 e. The van der Waals surface area contributed by atoms with Gasteiger partial charge in [-0.1, -0.05) is 18.2 Å². The maximum atomic E-state index is 13.2. The predicted octanol–water partition coefficient (Wildman–Crippen LogP) is 4.26. The van der Waals surface area contributed by atoms with E-state index in [1.165, 1.54) is 7.11 Å². The van der Waals surface area contributed by atoms with Crippen molar-refractivity contribution in [1.29, 1.82) is 0 Å². The summed E-state index contributed by atoms with van der Waals surface area (Å²) in [5.74, 6) is -0.0706. The van der Waals surface area contributed by atoms with Crippen LogP contribution in [0.1, 0.15) is 29.7 Å². The zero-order valence-electron chi connectivity index (χ0n) is 16.5. The Morgan fingerprint density at radius 1 is 1.13 bits per heavy atom. The fourth-order valence-electron chi connectivity index (χ4n) is 2.59. The average Bonchev–Trinajstić information content (AvgIpc) is 2.69. The number of aliphatic imine (C=N–C) groups is 1. The molecule has 0 bridgehead atoms. The highest BCUT2D eigenvalue weighted by Crippen LogP contribution is 2.32. The molecule has 0 aliphatic heterocycles. The summed E-state index contributed by atoms with van der Waals surface area (Å²) in [5.41, 5.74) is -0.561. The number of ether oxygens (including phenoxy) is 1. The minimum atomic E-state index is -4.68. The molecule has 0 heterocycles. The third-order valence-corrected chi connectivity index (χ3v) is 4.09. The molecular formula is C20H24F4IN3O2. The van der Waals surface area contributed by atoms with Gasteiger partial charge in [0.1, 0.15) is 11.6 Å². The van der Waals surface area contributed by atoms with Crippen molar-refractivity contribution in [2.75, 3.05) is 20.2 Å². The number of alkyl halides is 3. The van der Waals surface area contributed by atoms with E-state index in [1.54, 1.807) is 31.2 Å². The van der Waals surface area contributed by atoms with Crippen molar-refractivity contribution in [2.45, 2.75) is 25.7 Å². The third-order valence-electron chi connectivity index (χ3n) is 4.09. The van der Waals surface area contributed by atoms with Gasteiger partial charge in [0.2, 0.25) is 0 Å². The van der Waals surface area contributed by atoms with E-state index in [1.807, 2.05) is 0 Å². The summed E-state index contributed by atoms with van der Waals surface area (Å²) < 4.78 is 57.6. The minimum Gasteiger partial charge on any atom is -0.497 e. The molecule has 30 heavy (non-hydrogen) atoms. The zero-order valence-corrected chi connectivity index (χ0v) is 18.8. The van der Waals surface area contributed by atoms with Crippen molar-refractivity contribution in [3.05, 3.63) is 65.0 Å². The smallest absolute Gasteiger partial charge is 0.416 e. The second-order valence-electron chi connectivity index (χ2n) is 6.16. The van der Waals surface area contributed by atoms with Gasteiger partial charge < -0.3 is 20.5 Å². The first-order valence-electron chi connectivity index (χ1n) is 8.94. The average molecular weight is 541 g/mol.